The molecule has 1 N–H and O–H groups in total. The van der Waals surface area contributed by atoms with Crippen LogP contribution in [0.1, 0.15) is 38.0 Å². The number of aromatic nitrogens is 3. The van der Waals surface area contributed by atoms with Crippen LogP contribution in [0.3, 0.4) is 0 Å². The van der Waals surface area contributed by atoms with E-state index in [4.69, 9.17) is 9.26 Å². The van der Waals surface area contributed by atoms with Crippen LogP contribution in [0.5, 0.6) is 0 Å². The Balaban J connectivity index is 1.25. The van der Waals surface area contributed by atoms with Gasteiger partial charge in [0.25, 0.3) is 0 Å². The van der Waals surface area contributed by atoms with Crippen molar-refractivity contribution >= 4 is 12.0 Å². The van der Waals surface area contributed by atoms with E-state index in [1.54, 1.807) is 12.4 Å². The van der Waals surface area contributed by atoms with Crippen LogP contribution < -0.4 is 5.32 Å². The van der Waals surface area contributed by atoms with Gasteiger partial charge in [-0.25, -0.2) is 4.79 Å². The second-order valence-electron chi connectivity index (χ2n) is 7.27. The minimum absolute atomic E-state index is 0.112. The fourth-order valence-electron chi connectivity index (χ4n) is 3.72. The first-order valence-electron chi connectivity index (χ1n) is 9.61. The van der Waals surface area contributed by atoms with Gasteiger partial charge >= 0.3 is 6.09 Å². The van der Waals surface area contributed by atoms with Gasteiger partial charge in [0.1, 0.15) is 5.60 Å². The number of ether oxygens (including phenoxy) is 1. The molecule has 28 heavy (non-hydrogen) atoms. The number of hydrogen-bond acceptors (Lipinski definition) is 7. The van der Waals surface area contributed by atoms with Crippen molar-refractivity contribution in [2.24, 2.45) is 0 Å². The van der Waals surface area contributed by atoms with Gasteiger partial charge in [-0.3, -0.25) is 9.78 Å². The number of nitrogens with zero attached hydrogens (tertiary/aromatic N) is 4. The number of aryl methyl sites for hydroxylation is 1. The number of likely N-dealkylation sites (tertiary alicyclic amines) is 1. The molecule has 4 heterocycles. The maximum absolute atomic E-state index is 12.6. The van der Waals surface area contributed by atoms with Gasteiger partial charge in [-0.05, 0) is 31.4 Å². The fraction of sp³-hybridized carbons (Fsp3) is 0.526. The number of carbonyl (C=O) groups is 2. The number of rotatable bonds is 5. The molecule has 1 atom stereocenters. The second kappa shape index (κ2) is 7.95. The molecule has 148 valence electrons. The van der Waals surface area contributed by atoms with Crippen LogP contribution in [0.25, 0.3) is 11.4 Å². The summed E-state index contributed by atoms with van der Waals surface area (Å²) in [6, 6.07) is 3.69. The Morgan fingerprint density at radius 1 is 1.32 bits per heavy atom. The van der Waals surface area contributed by atoms with Gasteiger partial charge in [-0.1, -0.05) is 5.16 Å². The molecule has 0 bridgehead atoms. The molecule has 4 rings (SSSR count). The summed E-state index contributed by atoms with van der Waals surface area (Å²) in [6.07, 6.45) is 6.93. The van der Waals surface area contributed by atoms with E-state index in [1.807, 2.05) is 17.0 Å². The van der Waals surface area contributed by atoms with E-state index >= 15 is 0 Å². The minimum atomic E-state index is -0.446. The lowest BCUT2D eigenvalue weighted by molar-refractivity contribution is -0.131. The van der Waals surface area contributed by atoms with Crippen LogP contribution in [0.15, 0.2) is 29.0 Å². The van der Waals surface area contributed by atoms with E-state index in [2.05, 4.69) is 20.4 Å². The predicted molar refractivity (Wildman–Crippen MR) is 98.1 cm³/mol. The number of carbonyl (C=O) groups excluding carboxylic acids is 2. The van der Waals surface area contributed by atoms with Gasteiger partial charge in [0.05, 0.1) is 6.54 Å². The van der Waals surface area contributed by atoms with Crippen LogP contribution in [0.2, 0.25) is 0 Å². The van der Waals surface area contributed by atoms with Crippen molar-refractivity contribution in [3.05, 3.63) is 30.4 Å². The first-order chi connectivity index (χ1) is 13.6. The third-order valence-electron chi connectivity index (χ3n) is 5.28. The molecule has 9 heteroatoms. The highest BCUT2D eigenvalue weighted by atomic mass is 16.6. The van der Waals surface area contributed by atoms with E-state index in [1.165, 1.54) is 0 Å². The van der Waals surface area contributed by atoms with Crippen LogP contribution >= 0.6 is 0 Å². The molecule has 2 saturated heterocycles. The average molecular weight is 385 g/mol. The highest BCUT2D eigenvalue weighted by molar-refractivity contribution is 5.76. The average Bonchev–Trinajstić information content (AvgIpc) is 3.26. The van der Waals surface area contributed by atoms with Crippen LogP contribution in [-0.4, -0.2) is 57.3 Å². The Hall–Kier alpha value is -2.97. The van der Waals surface area contributed by atoms with E-state index in [9.17, 15) is 9.59 Å². The summed E-state index contributed by atoms with van der Waals surface area (Å²) in [5.74, 6) is 1.14. The minimum Gasteiger partial charge on any atom is -0.441 e. The lowest BCUT2D eigenvalue weighted by atomic mass is 9.95. The van der Waals surface area contributed by atoms with Crippen molar-refractivity contribution in [2.45, 2.75) is 44.1 Å². The Kier molecular flexibility index (Phi) is 5.23. The summed E-state index contributed by atoms with van der Waals surface area (Å²) in [4.78, 5) is 34.2. The Bertz CT molecular complexity index is 840. The molecule has 0 aliphatic carbocycles. The Labute approximate surface area is 162 Å². The standard InChI is InChI=1S/C19H23N5O4/c25-16(24-10-3-7-19(8-11-24)13-21-18(26)27-19)6-1-5-15-22-17(23-28-15)14-4-2-9-20-12-14/h2,4,9,12H,1,3,5-8,10-11,13H2,(H,21,26)/t19-/m1/s1. The largest absolute Gasteiger partial charge is 0.441 e. The monoisotopic (exact) mass is 385 g/mol. The van der Waals surface area contributed by atoms with E-state index in [0.29, 0.717) is 57.0 Å². The molecule has 1 spiro atoms. The van der Waals surface area contributed by atoms with Crippen LogP contribution in [0, 0.1) is 0 Å². The van der Waals surface area contributed by atoms with Crippen molar-refractivity contribution in [1.82, 2.24) is 25.3 Å². The third kappa shape index (κ3) is 4.13. The molecule has 2 aromatic rings. The molecule has 0 radical (unpaired) electrons. The highest BCUT2D eigenvalue weighted by Crippen LogP contribution is 2.29. The maximum Gasteiger partial charge on any atom is 0.407 e. The zero-order chi connectivity index (χ0) is 19.4. The first-order valence-corrected chi connectivity index (χ1v) is 9.61. The molecule has 0 saturated carbocycles. The van der Waals surface area contributed by atoms with Gasteiger partial charge in [0.15, 0.2) is 0 Å². The van der Waals surface area contributed by atoms with Gasteiger partial charge < -0.3 is 19.5 Å². The smallest absolute Gasteiger partial charge is 0.407 e. The van der Waals surface area contributed by atoms with Crippen molar-refractivity contribution in [3.8, 4) is 11.4 Å². The molecule has 9 nitrogen and oxygen atoms in total. The van der Waals surface area contributed by atoms with Crippen LogP contribution in [0.4, 0.5) is 4.79 Å². The number of pyridine rings is 1. The summed E-state index contributed by atoms with van der Waals surface area (Å²) in [5.41, 5.74) is 0.354. The molecule has 2 aromatic heterocycles. The molecule has 2 fully saturated rings. The summed E-state index contributed by atoms with van der Waals surface area (Å²) in [6.45, 7) is 1.84. The lowest BCUT2D eigenvalue weighted by Crippen LogP contribution is -2.36. The molecule has 0 aromatic carbocycles. The van der Waals surface area contributed by atoms with Crippen molar-refractivity contribution in [1.29, 1.82) is 0 Å². The summed E-state index contributed by atoms with van der Waals surface area (Å²) in [7, 11) is 0. The van der Waals surface area contributed by atoms with E-state index in [-0.39, 0.29) is 12.0 Å². The third-order valence-corrected chi connectivity index (χ3v) is 5.28. The van der Waals surface area contributed by atoms with Gasteiger partial charge in [-0.2, -0.15) is 4.98 Å². The van der Waals surface area contributed by atoms with Gasteiger partial charge in [0, 0.05) is 50.3 Å². The second-order valence-corrected chi connectivity index (χ2v) is 7.27. The molecule has 0 unspecified atom stereocenters. The number of alkyl carbamates (subject to hydrolysis) is 1. The Morgan fingerprint density at radius 3 is 3.04 bits per heavy atom. The molecular weight excluding hydrogens is 362 g/mol. The maximum atomic E-state index is 12.6. The number of hydrogen-bond donors (Lipinski definition) is 1. The predicted octanol–water partition coefficient (Wildman–Crippen LogP) is 1.95. The van der Waals surface area contributed by atoms with Crippen molar-refractivity contribution < 1.29 is 18.8 Å². The zero-order valence-electron chi connectivity index (χ0n) is 15.6. The van der Waals surface area contributed by atoms with Crippen molar-refractivity contribution in [3.63, 3.8) is 0 Å². The molecule has 2 aliphatic heterocycles. The molecule has 2 aliphatic rings. The molecule has 2 amide bonds. The topological polar surface area (TPSA) is 110 Å². The Morgan fingerprint density at radius 2 is 2.25 bits per heavy atom. The molecular formula is C19H23N5O4. The zero-order valence-corrected chi connectivity index (χ0v) is 15.6. The van der Waals surface area contributed by atoms with Crippen molar-refractivity contribution in [2.75, 3.05) is 19.6 Å². The number of nitrogens with one attached hydrogen (secondary N) is 1. The van der Waals surface area contributed by atoms with Gasteiger partial charge in [0.2, 0.25) is 17.6 Å². The van der Waals surface area contributed by atoms with Gasteiger partial charge in [-0.15, -0.1) is 0 Å². The summed E-state index contributed by atoms with van der Waals surface area (Å²) in [5, 5.41) is 6.69. The quantitative estimate of drug-likeness (QED) is 0.837. The lowest BCUT2D eigenvalue weighted by Gasteiger charge is -2.25. The summed E-state index contributed by atoms with van der Waals surface area (Å²) < 4.78 is 10.7. The van der Waals surface area contributed by atoms with Crippen LogP contribution in [-0.2, 0) is 16.0 Å². The highest BCUT2D eigenvalue weighted by Gasteiger charge is 2.41. The SMILES string of the molecule is O=C1NC[C@]2(CCCN(C(=O)CCCc3nc(-c4cccnc4)no3)CC2)O1. The van der Waals surface area contributed by atoms with E-state index in [0.717, 1.165) is 18.4 Å². The normalized spacial score (nSPS) is 22.0. The fourth-order valence-corrected chi connectivity index (χ4v) is 3.72. The first kappa shape index (κ1) is 18.4. The number of amides is 2. The van der Waals surface area contributed by atoms with E-state index < -0.39 is 5.60 Å². The summed E-state index contributed by atoms with van der Waals surface area (Å²) >= 11 is 0.